The maximum absolute atomic E-state index is 6.18. The predicted octanol–water partition coefficient (Wildman–Crippen LogP) is 3.19. The third-order valence-corrected chi connectivity index (χ3v) is 3.32. The molecule has 1 aromatic carbocycles. The molecule has 0 radical (unpaired) electrons. The zero-order valence-electron chi connectivity index (χ0n) is 11.5. The maximum Gasteiger partial charge on any atom is 0.0947 e. The average Bonchev–Trinajstić information content (AvgIpc) is 2.92. The van der Waals surface area contributed by atoms with E-state index in [9.17, 15) is 0 Å². The van der Waals surface area contributed by atoms with E-state index in [1.165, 1.54) is 11.1 Å². The van der Waals surface area contributed by atoms with Gasteiger partial charge in [0.25, 0.3) is 0 Å². The molecule has 1 aromatic heterocycles. The van der Waals surface area contributed by atoms with Crippen LogP contribution in [0.2, 0.25) is 0 Å². The SMILES string of the molecule is CN(CCCC(N)c1ccccc1)Cc1ccoc1. The van der Waals surface area contributed by atoms with Crippen LogP contribution in [0, 0.1) is 0 Å². The van der Waals surface area contributed by atoms with E-state index in [-0.39, 0.29) is 6.04 Å². The molecule has 0 amide bonds. The summed E-state index contributed by atoms with van der Waals surface area (Å²) in [6.07, 6.45) is 5.63. The van der Waals surface area contributed by atoms with Crippen molar-refractivity contribution >= 4 is 0 Å². The quantitative estimate of drug-likeness (QED) is 0.829. The molecule has 0 aliphatic carbocycles. The highest BCUT2D eigenvalue weighted by molar-refractivity contribution is 5.18. The van der Waals surface area contributed by atoms with Gasteiger partial charge >= 0.3 is 0 Å². The van der Waals surface area contributed by atoms with Crippen molar-refractivity contribution in [3.8, 4) is 0 Å². The Morgan fingerprint density at radius 3 is 2.68 bits per heavy atom. The third-order valence-electron chi connectivity index (χ3n) is 3.32. The Kier molecular flexibility index (Phi) is 5.19. The third kappa shape index (κ3) is 4.54. The Morgan fingerprint density at radius 2 is 2.00 bits per heavy atom. The van der Waals surface area contributed by atoms with Crippen molar-refractivity contribution in [2.24, 2.45) is 5.73 Å². The van der Waals surface area contributed by atoms with Crippen molar-refractivity contribution in [3.05, 3.63) is 60.1 Å². The second-order valence-electron chi connectivity index (χ2n) is 5.03. The van der Waals surface area contributed by atoms with Crippen LogP contribution in [0.3, 0.4) is 0 Å². The van der Waals surface area contributed by atoms with Crippen LogP contribution in [0.15, 0.2) is 53.3 Å². The summed E-state index contributed by atoms with van der Waals surface area (Å²) in [6.45, 7) is 1.97. The first kappa shape index (κ1) is 13.8. The van der Waals surface area contributed by atoms with Crippen LogP contribution in [-0.4, -0.2) is 18.5 Å². The van der Waals surface area contributed by atoms with Crippen LogP contribution < -0.4 is 5.73 Å². The first-order valence-electron chi connectivity index (χ1n) is 6.76. The number of nitrogens with zero attached hydrogens (tertiary/aromatic N) is 1. The number of rotatable bonds is 7. The maximum atomic E-state index is 6.18. The lowest BCUT2D eigenvalue weighted by atomic mass is 10.0. The summed E-state index contributed by atoms with van der Waals surface area (Å²) in [4.78, 5) is 2.29. The van der Waals surface area contributed by atoms with Gasteiger partial charge in [0.05, 0.1) is 12.5 Å². The molecule has 0 bridgehead atoms. The molecule has 0 fully saturated rings. The number of nitrogens with two attached hydrogens (primary N) is 1. The Morgan fingerprint density at radius 1 is 1.21 bits per heavy atom. The molecule has 0 spiro atoms. The van der Waals surface area contributed by atoms with Gasteiger partial charge in [0.15, 0.2) is 0 Å². The lowest BCUT2D eigenvalue weighted by Crippen LogP contribution is -2.20. The molecule has 1 unspecified atom stereocenters. The standard InChI is InChI=1S/C16H22N2O/c1-18(12-14-9-11-19-13-14)10-5-8-16(17)15-6-3-2-4-7-15/h2-4,6-7,9,11,13,16H,5,8,10,12,17H2,1H3. The van der Waals surface area contributed by atoms with Crippen molar-refractivity contribution in [2.75, 3.05) is 13.6 Å². The van der Waals surface area contributed by atoms with Gasteiger partial charge in [-0.3, -0.25) is 0 Å². The number of furan rings is 1. The minimum Gasteiger partial charge on any atom is -0.472 e. The first-order valence-corrected chi connectivity index (χ1v) is 6.76. The van der Waals surface area contributed by atoms with Gasteiger partial charge < -0.3 is 15.1 Å². The van der Waals surface area contributed by atoms with Crippen LogP contribution in [0.1, 0.15) is 30.0 Å². The molecule has 0 saturated heterocycles. The molecule has 0 aliphatic rings. The summed E-state index contributed by atoms with van der Waals surface area (Å²) < 4.78 is 5.07. The van der Waals surface area contributed by atoms with Gasteiger partial charge in [-0.05, 0) is 38.1 Å². The van der Waals surface area contributed by atoms with Crippen LogP contribution in [0.4, 0.5) is 0 Å². The van der Waals surface area contributed by atoms with Crippen molar-refractivity contribution in [2.45, 2.75) is 25.4 Å². The summed E-state index contributed by atoms with van der Waals surface area (Å²) in [5.41, 5.74) is 8.62. The van der Waals surface area contributed by atoms with Gasteiger partial charge in [0.2, 0.25) is 0 Å². The van der Waals surface area contributed by atoms with Gasteiger partial charge in [-0.25, -0.2) is 0 Å². The average molecular weight is 258 g/mol. The van der Waals surface area contributed by atoms with E-state index >= 15 is 0 Å². The predicted molar refractivity (Wildman–Crippen MR) is 77.6 cm³/mol. The number of hydrogen-bond donors (Lipinski definition) is 1. The van der Waals surface area contributed by atoms with Gasteiger partial charge in [0, 0.05) is 18.2 Å². The molecule has 2 rings (SSSR count). The summed E-state index contributed by atoms with van der Waals surface area (Å²) in [6, 6.07) is 12.4. The van der Waals surface area contributed by atoms with E-state index in [0.717, 1.165) is 25.9 Å². The molecule has 1 atom stereocenters. The summed E-state index contributed by atoms with van der Waals surface area (Å²) >= 11 is 0. The molecule has 2 N–H and O–H groups in total. The van der Waals surface area contributed by atoms with E-state index in [0.29, 0.717) is 0 Å². The fourth-order valence-electron chi connectivity index (χ4n) is 2.22. The Hall–Kier alpha value is -1.58. The fourth-order valence-corrected chi connectivity index (χ4v) is 2.22. The number of hydrogen-bond acceptors (Lipinski definition) is 3. The largest absolute Gasteiger partial charge is 0.472 e. The molecular formula is C16H22N2O. The Bertz CT molecular complexity index is 453. The smallest absolute Gasteiger partial charge is 0.0947 e. The van der Waals surface area contributed by atoms with Gasteiger partial charge in [-0.15, -0.1) is 0 Å². The lowest BCUT2D eigenvalue weighted by molar-refractivity contribution is 0.313. The minimum atomic E-state index is 0.142. The Balaban J connectivity index is 1.68. The van der Waals surface area contributed by atoms with Gasteiger partial charge in [0.1, 0.15) is 0 Å². The van der Waals surface area contributed by atoms with Crippen molar-refractivity contribution in [3.63, 3.8) is 0 Å². The molecule has 3 nitrogen and oxygen atoms in total. The van der Waals surface area contributed by atoms with Crippen LogP contribution >= 0.6 is 0 Å². The second-order valence-corrected chi connectivity index (χ2v) is 5.03. The highest BCUT2D eigenvalue weighted by Gasteiger charge is 2.06. The molecule has 19 heavy (non-hydrogen) atoms. The topological polar surface area (TPSA) is 42.4 Å². The van der Waals surface area contributed by atoms with E-state index < -0.39 is 0 Å². The van der Waals surface area contributed by atoms with Crippen LogP contribution in [0.25, 0.3) is 0 Å². The number of benzene rings is 1. The van der Waals surface area contributed by atoms with E-state index in [1.807, 2.05) is 24.3 Å². The minimum absolute atomic E-state index is 0.142. The second kappa shape index (κ2) is 7.12. The highest BCUT2D eigenvalue weighted by Crippen LogP contribution is 2.15. The Labute approximate surface area is 115 Å². The van der Waals surface area contributed by atoms with Crippen molar-refractivity contribution < 1.29 is 4.42 Å². The summed E-state index contributed by atoms with van der Waals surface area (Å²) in [5, 5.41) is 0. The van der Waals surface area contributed by atoms with Crippen molar-refractivity contribution in [1.82, 2.24) is 4.90 Å². The molecule has 3 heteroatoms. The summed E-state index contributed by atoms with van der Waals surface area (Å²) in [7, 11) is 2.13. The molecule has 102 valence electrons. The van der Waals surface area contributed by atoms with Crippen LogP contribution in [0.5, 0.6) is 0 Å². The molecule has 0 aliphatic heterocycles. The van der Waals surface area contributed by atoms with Crippen LogP contribution in [-0.2, 0) is 6.54 Å². The van der Waals surface area contributed by atoms with Gasteiger partial charge in [-0.2, -0.15) is 0 Å². The summed E-state index contributed by atoms with van der Waals surface area (Å²) in [5.74, 6) is 0. The molecular weight excluding hydrogens is 236 g/mol. The van der Waals surface area contributed by atoms with Gasteiger partial charge in [-0.1, -0.05) is 30.3 Å². The lowest BCUT2D eigenvalue weighted by Gasteiger charge is -2.17. The highest BCUT2D eigenvalue weighted by atomic mass is 16.3. The van der Waals surface area contributed by atoms with E-state index in [1.54, 1.807) is 12.5 Å². The normalized spacial score (nSPS) is 12.8. The molecule has 1 heterocycles. The monoisotopic (exact) mass is 258 g/mol. The fraction of sp³-hybridized carbons (Fsp3) is 0.375. The van der Waals surface area contributed by atoms with Crippen molar-refractivity contribution in [1.29, 1.82) is 0 Å². The van der Waals surface area contributed by atoms with E-state index in [4.69, 9.17) is 10.2 Å². The molecule has 2 aromatic rings. The first-order chi connectivity index (χ1) is 9.25. The zero-order valence-corrected chi connectivity index (χ0v) is 11.5. The zero-order chi connectivity index (χ0) is 13.5. The molecule has 0 saturated carbocycles. The van der Waals surface area contributed by atoms with E-state index in [2.05, 4.69) is 24.1 Å².